The molecule has 1 amide bonds. The molecule has 24 heavy (non-hydrogen) atoms. The van der Waals surface area contributed by atoms with E-state index in [1.807, 2.05) is 4.68 Å². The van der Waals surface area contributed by atoms with Gasteiger partial charge in [-0.1, -0.05) is 0 Å². The van der Waals surface area contributed by atoms with E-state index < -0.39 is 5.82 Å². The molecule has 1 fully saturated rings. The van der Waals surface area contributed by atoms with Gasteiger partial charge < -0.3 is 10.6 Å². The van der Waals surface area contributed by atoms with E-state index in [1.165, 1.54) is 18.3 Å². The topological polar surface area (TPSA) is 71.8 Å². The average molecular weight is 376 g/mol. The maximum absolute atomic E-state index is 13.5. The minimum absolute atomic E-state index is 0. The van der Waals surface area contributed by atoms with Crippen molar-refractivity contribution in [1.82, 2.24) is 25.4 Å². The van der Waals surface area contributed by atoms with Gasteiger partial charge in [0.1, 0.15) is 5.82 Å². The van der Waals surface area contributed by atoms with Crippen LogP contribution in [-0.4, -0.2) is 33.8 Å². The summed E-state index contributed by atoms with van der Waals surface area (Å²) >= 11 is 0. The lowest BCUT2D eigenvalue weighted by Crippen LogP contribution is -2.29. The van der Waals surface area contributed by atoms with Crippen LogP contribution in [0.1, 0.15) is 34.9 Å². The SMILES string of the molecule is Cl.Cl.O=C(NCc1ncccc1F)c1cnn(C2CCNCC2)c1. The Morgan fingerprint density at radius 2 is 2.12 bits per heavy atom. The fraction of sp³-hybridized carbons (Fsp3) is 0.400. The Hall–Kier alpha value is -1.70. The van der Waals surface area contributed by atoms with Gasteiger partial charge in [-0.25, -0.2) is 4.39 Å². The van der Waals surface area contributed by atoms with Crippen LogP contribution in [0.3, 0.4) is 0 Å². The number of piperidine rings is 1. The molecule has 3 heterocycles. The molecule has 2 N–H and O–H groups in total. The minimum atomic E-state index is -0.423. The second kappa shape index (κ2) is 9.56. The molecule has 0 saturated carbocycles. The van der Waals surface area contributed by atoms with Gasteiger partial charge in [-0.05, 0) is 38.1 Å². The van der Waals surface area contributed by atoms with Crippen molar-refractivity contribution in [2.75, 3.05) is 13.1 Å². The van der Waals surface area contributed by atoms with Crippen LogP contribution in [-0.2, 0) is 6.54 Å². The predicted octanol–water partition coefficient (Wildman–Crippen LogP) is 2.12. The van der Waals surface area contributed by atoms with Crippen LogP contribution in [0.25, 0.3) is 0 Å². The van der Waals surface area contributed by atoms with Crippen LogP contribution < -0.4 is 10.6 Å². The molecule has 3 rings (SSSR count). The molecule has 0 aliphatic carbocycles. The maximum atomic E-state index is 13.5. The molecular formula is C15H20Cl2FN5O. The van der Waals surface area contributed by atoms with Gasteiger partial charge in [-0.2, -0.15) is 5.10 Å². The molecule has 0 unspecified atom stereocenters. The Kier molecular flexibility index (Phi) is 8.10. The van der Waals surface area contributed by atoms with Crippen LogP contribution in [0.15, 0.2) is 30.7 Å². The number of aromatic nitrogens is 3. The number of hydrogen-bond acceptors (Lipinski definition) is 4. The number of rotatable bonds is 4. The number of pyridine rings is 1. The summed E-state index contributed by atoms with van der Waals surface area (Å²) in [4.78, 5) is 16.0. The summed E-state index contributed by atoms with van der Waals surface area (Å²) in [5.41, 5.74) is 0.705. The Balaban J connectivity index is 0.00000144. The number of hydrogen-bond donors (Lipinski definition) is 2. The van der Waals surface area contributed by atoms with Gasteiger partial charge in [0.15, 0.2) is 0 Å². The Morgan fingerprint density at radius 3 is 2.83 bits per heavy atom. The molecule has 1 aliphatic heterocycles. The smallest absolute Gasteiger partial charge is 0.254 e. The largest absolute Gasteiger partial charge is 0.346 e. The fourth-order valence-corrected chi connectivity index (χ4v) is 2.54. The molecule has 132 valence electrons. The summed E-state index contributed by atoms with van der Waals surface area (Å²) in [7, 11) is 0. The maximum Gasteiger partial charge on any atom is 0.254 e. The first-order valence-corrected chi connectivity index (χ1v) is 7.36. The molecule has 0 spiro atoms. The first kappa shape index (κ1) is 20.3. The molecule has 9 heteroatoms. The normalized spacial score (nSPS) is 14.4. The molecule has 2 aromatic rings. The van der Waals surface area contributed by atoms with Crippen LogP contribution in [0.5, 0.6) is 0 Å². The number of nitrogens with zero attached hydrogens (tertiary/aromatic N) is 3. The molecule has 0 bridgehead atoms. The summed E-state index contributed by atoms with van der Waals surface area (Å²) in [5.74, 6) is -0.696. The predicted molar refractivity (Wildman–Crippen MR) is 93.2 cm³/mol. The van der Waals surface area contributed by atoms with E-state index in [2.05, 4.69) is 20.7 Å². The van der Waals surface area contributed by atoms with Gasteiger partial charge in [-0.3, -0.25) is 14.5 Å². The van der Waals surface area contributed by atoms with Gasteiger partial charge in [-0.15, -0.1) is 24.8 Å². The van der Waals surface area contributed by atoms with Gasteiger partial charge in [0.05, 0.1) is 30.0 Å². The van der Waals surface area contributed by atoms with E-state index in [1.54, 1.807) is 12.4 Å². The standard InChI is InChI=1S/C15H18FN5O.2ClH/c16-13-2-1-5-18-14(13)9-19-15(22)11-8-20-21(10-11)12-3-6-17-7-4-12;;/h1-2,5,8,10,12,17H,3-4,6-7,9H2,(H,19,22);2*1H. The van der Waals surface area contributed by atoms with Crippen molar-refractivity contribution >= 4 is 30.7 Å². The Morgan fingerprint density at radius 1 is 1.38 bits per heavy atom. The highest BCUT2D eigenvalue weighted by atomic mass is 35.5. The lowest BCUT2D eigenvalue weighted by atomic mass is 10.1. The van der Waals surface area contributed by atoms with Crippen molar-refractivity contribution in [3.63, 3.8) is 0 Å². The fourth-order valence-electron chi connectivity index (χ4n) is 2.54. The summed E-state index contributed by atoms with van der Waals surface area (Å²) < 4.78 is 15.3. The Bertz CT molecular complexity index is 661. The van der Waals surface area contributed by atoms with Crippen LogP contribution in [0.4, 0.5) is 4.39 Å². The zero-order valence-electron chi connectivity index (χ0n) is 12.9. The van der Waals surface area contributed by atoms with Crippen LogP contribution in [0.2, 0.25) is 0 Å². The number of carbonyl (C=O) groups excluding carboxylic acids is 1. The molecule has 0 radical (unpaired) electrons. The van der Waals surface area contributed by atoms with Crippen molar-refractivity contribution in [2.24, 2.45) is 0 Å². The summed E-state index contributed by atoms with van der Waals surface area (Å²) in [6.45, 7) is 1.99. The van der Waals surface area contributed by atoms with Gasteiger partial charge >= 0.3 is 0 Å². The molecule has 1 aliphatic rings. The van der Waals surface area contributed by atoms with Crippen LogP contribution in [0, 0.1) is 5.82 Å². The highest BCUT2D eigenvalue weighted by molar-refractivity contribution is 5.93. The van der Waals surface area contributed by atoms with E-state index >= 15 is 0 Å². The number of amides is 1. The lowest BCUT2D eigenvalue weighted by molar-refractivity contribution is 0.0950. The van der Waals surface area contributed by atoms with E-state index in [9.17, 15) is 9.18 Å². The zero-order chi connectivity index (χ0) is 15.4. The third-order valence-electron chi connectivity index (χ3n) is 3.80. The number of halogens is 3. The number of nitrogens with one attached hydrogen (secondary N) is 2. The molecule has 0 aromatic carbocycles. The molecule has 1 saturated heterocycles. The quantitative estimate of drug-likeness (QED) is 0.858. The third-order valence-corrected chi connectivity index (χ3v) is 3.80. The molecule has 0 atom stereocenters. The van der Waals surface area contributed by atoms with E-state index in [0.29, 0.717) is 11.6 Å². The Labute approximate surface area is 152 Å². The van der Waals surface area contributed by atoms with Crippen LogP contribution >= 0.6 is 24.8 Å². The van der Waals surface area contributed by atoms with Gasteiger partial charge in [0.25, 0.3) is 5.91 Å². The van der Waals surface area contributed by atoms with E-state index in [4.69, 9.17) is 0 Å². The lowest BCUT2D eigenvalue weighted by Gasteiger charge is -2.22. The summed E-state index contributed by atoms with van der Waals surface area (Å²) in [6.07, 6.45) is 6.80. The van der Waals surface area contributed by atoms with Gasteiger partial charge in [0, 0.05) is 12.4 Å². The van der Waals surface area contributed by atoms with Crippen molar-refractivity contribution in [1.29, 1.82) is 0 Å². The summed E-state index contributed by atoms with van der Waals surface area (Å²) in [6, 6.07) is 3.17. The average Bonchev–Trinajstić information content (AvgIpc) is 3.05. The molecular weight excluding hydrogens is 356 g/mol. The van der Waals surface area contributed by atoms with Crippen molar-refractivity contribution in [2.45, 2.75) is 25.4 Å². The summed E-state index contributed by atoms with van der Waals surface area (Å²) in [5, 5.41) is 10.2. The first-order valence-electron chi connectivity index (χ1n) is 7.36. The molecule has 2 aromatic heterocycles. The van der Waals surface area contributed by atoms with E-state index in [0.717, 1.165) is 25.9 Å². The van der Waals surface area contributed by atoms with E-state index in [-0.39, 0.29) is 43.0 Å². The van der Waals surface area contributed by atoms with Gasteiger partial charge in [0.2, 0.25) is 0 Å². The monoisotopic (exact) mass is 375 g/mol. The second-order valence-electron chi connectivity index (χ2n) is 5.30. The second-order valence-corrected chi connectivity index (χ2v) is 5.30. The van der Waals surface area contributed by atoms with Crippen molar-refractivity contribution < 1.29 is 9.18 Å². The number of carbonyl (C=O) groups is 1. The zero-order valence-corrected chi connectivity index (χ0v) is 14.6. The first-order chi connectivity index (χ1) is 10.7. The van der Waals surface area contributed by atoms with Crippen molar-refractivity contribution in [3.05, 3.63) is 47.8 Å². The third kappa shape index (κ3) is 4.90. The molecule has 6 nitrogen and oxygen atoms in total. The minimum Gasteiger partial charge on any atom is -0.346 e. The van der Waals surface area contributed by atoms with Crippen molar-refractivity contribution in [3.8, 4) is 0 Å². The highest BCUT2D eigenvalue weighted by Crippen LogP contribution is 2.17. The highest BCUT2D eigenvalue weighted by Gasteiger charge is 2.17.